The molecule has 0 N–H and O–H groups in total. The van der Waals surface area contributed by atoms with E-state index < -0.39 is 0 Å². The second-order valence-electron chi connectivity index (χ2n) is 5.97. The lowest BCUT2D eigenvalue weighted by molar-refractivity contribution is -0.217. The zero-order valence-corrected chi connectivity index (χ0v) is 10.3. The lowest BCUT2D eigenvalue weighted by atomic mass is 9.72. The highest BCUT2D eigenvalue weighted by Crippen LogP contribution is 2.59. The maximum absolute atomic E-state index is 11.5. The van der Waals surface area contributed by atoms with Gasteiger partial charge in [-0.1, -0.05) is 6.58 Å². The molecule has 4 nitrogen and oxygen atoms in total. The summed E-state index contributed by atoms with van der Waals surface area (Å²) < 4.78 is 17.1. The van der Waals surface area contributed by atoms with Crippen molar-refractivity contribution in [1.82, 2.24) is 0 Å². The van der Waals surface area contributed by atoms with Crippen LogP contribution in [0.2, 0.25) is 0 Å². The van der Waals surface area contributed by atoms with Gasteiger partial charge in [-0.2, -0.15) is 0 Å². The van der Waals surface area contributed by atoms with E-state index in [0.29, 0.717) is 24.4 Å². The van der Waals surface area contributed by atoms with E-state index in [1.807, 2.05) is 0 Å². The van der Waals surface area contributed by atoms with Crippen molar-refractivity contribution in [3.63, 3.8) is 0 Å². The van der Waals surface area contributed by atoms with E-state index in [9.17, 15) is 4.79 Å². The normalized spacial score (nSPS) is 52.1. The molecule has 0 aromatic heterocycles. The molecule has 4 rings (SSSR count). The van der Waals surface area contributed by atoms with Crippen LogP contribution in [0.1, 0.15) is 19.3 Å². The van der Waals surface area contributed by atoms with Gasteiger partial charge in [0.05, 0.1) is 12.7 Å². The summed E-state index contributed by atoms with van der Waals surface area (Å²) >= 11 is 0. The maximum Gasteiger partial charge on any atom is 0.330 e. The van der Waals surface area contributed by atoms with Crippen molar-refractivity contribution in [2.45, 2.75) is 37.8 Å². The van der Waals surface area contributed by atoms with Crippen molar-refractivity contribution in [2.24, 2.45) is 23.7 Å². The zero-order chi connectivity index (χ0) is 12.3. The van der Waals surface area contributed by atoms with E-state index >= 15 is 0 Å². The van der Waals surface area contributed by atoms with Crippen LogP contribution < -0.4 is 0 Å². The second kappa shape index (κ2) is 3.81. The third-order valence-electron chi connectivity index (χ3n) is 5.28. The fraction of sp³-hybridized carbons (Fsp3) is 0.786. The molecule has 2 aliphatic carbocycles. The lowest BCUT2D eigenvalue weighted by Crippen LogP contribution is -2.50. The van der Waals surface area contributed by atoms with Crippen LogP contribution in [0, 0.1) is 23.7 Å². The van der Waals surface area contributed by atoms with Crippen LogP contribution in [0.4, 0.5) is 0 Å². The van der Waals surface area contributed by atoms with Gasteiger partial charge in [0.15, 0.2) is 12.4 Å². The van der Waals surface area contributed by atoms with E-state index in [4.69, 9.17) is 14.2 Å². The summed E-state index contributed by atoms with van der Waals surface area (Å²) in [6, 6.07) is 0. The first kappa shape index (κ1) is 11.0. The minimum absolute atomic E-state index is 0.227. The van der Waals surface area contributed by atoms with Gasteiger partial charge in [0.2, 0.25) is 0 Å². The number of ether oxygens (including phenoxy) is 3. The molecule has 0 aromatic carbocycles. The molecule has 0 radical (unpaired) electrons. The van der Waals surface area contributed by atoms with Crippen LogP contribution in [-0.2, 0) is 19.0 Å². The van der Waals surface area contributed by atoms with Crippen LogP contribution in [0.15, 0.2) is 12.7 Å². The number of hydrogen-bond donors (Lipinski definition) is 0. The topological polar surface area (TPSA) is 44.8 Å². The molecule has 2 saturated heterocycles. The number of carbonyl (C=O) groups is 1. The SMILES string of the molecule is C=CC(=O)O[C@H]1C2OCC(O2)C2C1[C@@H]1CC[C@H]2C1. The molecule has 2 aliphatic heterocycles. The molecule has 98 valence electrons. The zero-order valence-electron chi connectivity index (χ0n) is 10.3. The highest BCUT2D eigenvalue weighted by Gasteiger charge is 2.62. The van der Waals surface area contributed by atoms with Gasteiger partial charge in [0.25, 0.3) is 0 Å². The fourth-order valence-corrected chi connectivity index (χ4v) is 4.73. The fourth-order valence-electron chi connectivity index (χ4n) is 4.73. The van der Waals surface area contributed by atoms with E-state index in [-0.39, 0.29) is 24.5 Å². The Balaban J connectivity index is 1.64. The Morgan fingerprint density at radius 3 is 2.83 bits per heavy atom. The predicted molar refractivity (Wildman–Crippen MR) is 62.5 cm³/mol. The third-order valence-corrected chi connectivity index (χ3v) is 5.28. The minimum atomic E-state index is -0.362. The first-order valence-electron chi connectivity index (χ1n) is 6.88. The van der Waals surface area contributed by atoms with Crippen LogP contribution in [0.25, 0.3) is 0 Å². The Morgan fingerprint density at radius 1 is 1.28 bits per heavy atom. The number of fused-ring (bicyclic) bond motifs is 8. The minimum Gasteiger partial charge on any atom is -0.453 e. The van der Waals surface area contributed by atoms with Crippen molar-refractivity contribution >= 4 is 5.97 Å². The van der Waals surface area contributed by atoms with Gasteiger partial charge < -0.3 is 14.2 Å². The number of rotatable bonds is 2. The standard InChI is InChI=1S/C14H18O4/c1-2-10(15)18-13-12-8-4-3-7(5-8)11(12)9-6-16-14(13)17-9/h2,7-9,11-14H,1,3-6H2/t7-,8+,9?,11?,12?,13+,14?/m0/s1. The molecule has 18 heavy (non-hydrogen) atoms. The van der Waals surface area contributed by atoms with E-state index in [1.165, 1.54) is 25.3 Å². The van der Waals surface area contributed by atoms with E-state index in [0.717, 1.165) is 5.92 Å². The number of carbonyl (C=O) groups excluding carboxylic acids is 1. The Morgan fingerprint density at radius 2 is 2.06 bits per heavy atom. The average Bonchev–Trinajstić information content (AvgIpc) is 3.08. The van der Waals surface area contributed by atoms with Gasteiger partial charge >= 0.3 is 5.97 Å². The molecule has 7 atom stereocenters. The summed E-state index contributed by atoms with van der Waals surface area (Å²) in [7, 11) is 0. The van der Waals surface area contributed by atoms with E-state index in [1.54, 1.807) is 0 Å². The Labute approximate surface area is 106 Å². The van der Waals surface area contributed by atoms with Gasteiger partial charge in [-0.15, -0.1) is 0 Å². The molecule has 4 unspecified atom stereocenters. The monoisotopic (exact) mass is 250 g/mol. The highest BCUT2D eigenvalue weighted by atomic mass is 16.7. The number of hydrogen-bond acceptors (Lipinski definition) is 4. The van der Waals surface area contributed by atoms with Crippen molar-refractivity contribution in [1.29, 1.82) is 0 Å². The summed E-state index contributed by atoms with van der Waals surface area (Å²) in [5.41, 5.74) is 0. The number of esters is 1. The van der Waals surface area contributed by atoms with Gasteiger partial charge in [-0.3, -0.25) is 0 Å². The molecule has 0 aromatic rings. The highest BCUT2D eigenvalue weighted by molar-refractivity contribution is 5.81. The smallest absolute Gasteiger partial charge is 0.330 e. The Bertz CT molecular complexity index is 393. The second-order valence-corrected chi connectivity index (χ2v) is 5.97. The summed E-state index contributed by atoms with van der Waals surface area (Å²) in [4.78, 5) is 11.5. The van der Waals surface area contributed by atoms with Crippen molar-refractivity contribution < 1.29 is 19.0 Å². The van der Waals surface area contributed by atoms with Crippen molar-refractivity contribution in [3.05, 3.63) is 12.7 Å². The van der Waals surface area contributed by atoms with Crippen LogP contribution in [0.5, 0.6) is 0 Å². The van der Waals surface area contributed by atoms with Crippen LogP contribution in [-0.4, -0.2) is 31.1 Å². The quantitative estimate of drug-likeness (QED) is 0.550. The molecule has 0 spiro atoms. The summed E-state index contributed by atoms with van der Waals surface area (Å²) in [5.74, 6) is 2.05. The van der Waals surface area contributed by atoms with Crippen molar-refractivity contribution in [3.8, 4) is 0 Å². The molecule has 4 bridgehead atoms. The summed E-state index contributed by atoms with van der Waals surface area (Å²) in [6.45, 7) is 4.13. The first-order valence-corrected chi connectivity index (χ1v) is 6.88. The van der Waals surface area contributed by atoms with Crippen LogP contribution >= 0.6 is 0 Å². The molecule has 4 heteroatoms. The van der Waals surface area contributed by atoms with Gasteiger partial charge in [0.1, 0.15) is 0 Å². The average molecular weight is 250 g/mol. The Hall–Kier alpha value is -0.870. The summed E-state index contributed by atoms with van der Waals surface area (Å²) in [6.07, 6.45) is 4.74. The molecule has 4 aliphatic rings. The molecule has 2 heterocycles. The van der Waals surface area contributed by atoms with E-state index in [2.05, 4.69) is 6.58 Å². The molecular weight excluding hydrogens is 232 g/mol. The van der Waals surface area contributed by atoms with Gasteiger partial charge in [0, 0.05) is 12.0 Å². The van der Waals surface area contributed by atoms with Gasteiger partial charge in [-0.25, -0.2) is 4.79 Å². The Kier molecular flexibility index (Phi) is 2.33. The largest absolute Gasteiger partial charge is 0.453 e. The maximum atomic E-state index is 11.5. The molecule has 2 saturated carbocycles. The predicted octanol–water partition coefficient (Wildman–Crippen LogP) is 1.50. The van der Waals surface area contributed by atoms with Crippen LogP contribution in [0.3, 0.4) is 0 Å². The third kappa shape index (κ3) is 1.36. The molecule has 4 fully saturated rings. The summed E-state index contributed by atoms with van der Waals surface area (Å²) in [5, 5.41) is 0. The van der Waals surface area contributed by atoms with Gasteiger partial charge in [-0.05, 0) is 37.0 Å². The first-order chi connectivity index (χ1) is 8.78. The molecular formula is C14H18O4. The molecule has 0 amide bonds. The lowest BCUT2D eigenvalue weighted by Gasteiger charge is -2.42. The van der Waals surface area contributed by atoms with Crippen molar-refractivity contribution in [2.75, 3.05) is 6.61 Å².